The molecule has 1 aliphatic carbocycles. The molecular weight excluding hydrogens is 548 g/mol. The highest BCUT2D eigenvalue weighted by molar-refractivity contribution is 6.01. The van der Waals surface area contributed by atoms with E-state index >= 15 is 8.78 Å². The molecule has 1 saturated carbocycles. The monoisotopic (exact) mass is 585 g/mol. The van der Waals surface area contributed by atoms with Crippen molar-refractivity contribution < 1.29 is 18.6 Å². The Morgan fingerprint density at radius 3 is 2.65 bits per heavy atom. The summed E-state index contributed by atoms with van der Waals surface area (Å²) in [5.74, 6) is -0.428. The van der Waals surface area contributed by atoms with E-state index in [-0.39, 0.29) is 39.2 Å². The fourth-order valence-electron chi connectivity index (χ4n) is 8.57. The second kappa shape index (κ2) is 10.3. The number of hydrogen-bond acceptors (Lipinski definition) is 7. The molecule has 4 heterocycles. The van der Waals surface area contributed by atoms with Gasteiger partial charge in [0.05, 0.1) is 6.61 Å². The van der Waals surface area contributed by atoms with Gasteiger partial charge in [-0.25, -0.2) is 8.78 Å². The van der Waals surface area contributed by atoms with Crippen molar-refractivity contribution in [3.8, 4) is 22.9 Å². The van der Waals surface area contributed by atoms with E-state index in [2.05, 4.69) is 27.1 Å². The molecule has 7 nitrogen and oxygen atoms in total. The van der Waals surface area contributed by atoms with Crippen LogP contribution in [0.15, 0.2) is 42.5 Å². The lowest BCUT2D eigenvalue weighted by molar-refractivity contribution is 0.0133. The van der Waals surface area contributed by atoms with Gasteiger partial charge < -0.3 is 25.0 Å². The third kappa shape index (κ3) is 4.51. The van der Waals surface area contributed by atoms with Crippen LogP contribution < -0.4 is 15.0 Å². The van der Waals surface area contributed by atoms with Crippen LogP contribution in [-0.4, -0.2) is 71.4 Å². The number of halogens is 2. The van der Waals surface area contributed by atoms with Crippen LogP contribution >= 0.6 is 0 Å². The Bertz CT molecular complexity index is 1720. The fourth-order valence-corrected chi connectivity index (χ4v) is 8.57. The number of nitrogens with zero attached hydrogens (tertiary/aromatic N) is 4. The summed E-state index contributed by atoms with van der Waals surface area (Å²) in [6.45, 7) is 3.17. The van der Waals surface area contributed by atoms with Gasteiger partial charge in [0, 0.05) is 53.0 Å². The highest BCUT2D eigenvalue weighted by Gasteiger charge is 2.47. The molecule has 4 atom stereocenters. The van der Waals surface area contributed by atoms with E-state index in [0.29, 0.717) is 41.3 Å². The molecule has 1 aromatic heterocycles. The van der Waals surface area contributed by atoms with Crippen molar-refractivity contribution in [2.45, 2.75) is 63.1 Å². The minimum atomic E-state index is -0.575. The Kier molecular flexibility index (Phi) is 6.45. The maximum Gasteiger partial charge on any atom is 0.319 e. The van der Waals surface area contributed by atoms with Gasteiger partial charge in [0.2, 0.25) is 0 Å². The smallest absolute Gasteiger partial charge is 0.319 e. The van der Waals surface area contributed by atoms with Crippen LogP contribution in [0.3, 0.4) is 0 Å². The fraction of sp³-hybridized carbons (Fsp3) is 0.471. The zero-order valence-electron chi connectivity index (χ0n) is 24.5. The van der Waals surface area contributed by atoms with Crippen LogP contribution in [0.25, 0.3) is 32.8 Å². The molecule has 4 aromatic rings. The number of aromatic hydroxyl groups is 1. The number of ether oxygens (including phenoxy) is 1. The van der Waals surface area contributed by atoms with Gasteiger partial charge >= 0.3 is 6.01 Å². The van der Waals surface area contributed by atoms with Crippen LogP contribution in [0.4, 0.5) is 14.6 Å². The molecule has 4 fully saturated rings. The van der Waals surface area contributed by atoms with Crippen LogP contribution in [0, 0.1) is 17.0 Å². The number of anilines is 1. The number of phenolic OH excluding ortho intramolecular Hbond substituents is 1. The van der Waals surface area contributed by atoms with E-state index < -0.39 is 11.6 Å². The van der Waals surface area contributed by atoms with Crippen LogP contribution in [0.5, 0.6) is 11.8 Å². The lowest BCUT2D eigenvalue weighted by Gasteiger charge is -2.44. The first-order chi connectivity index (χ1) is 20.9. The number of hydrogen-bond donors (Lipinski definition) is 2. The quantitative estimate of drug-likeness (QED) is 0.297. The molecule has 0 amide bonds. The van der Waals surface area contributed by atoms with Gasteiger partial charge in [-0.2, -0.15) is 9.97 Å². The van der Waals surface area contributed by atoms with E-state index in [1.807, 2.05) is 6.07 Å². The second-order valence-electron chi connectivity index (χ2n) is 13.2. The van der Waals surface area contributed by atoms with Crippen LogP contribution in [0.1, 0.15) is 44.9 Å². The largest absolute Gasteiger partial charge is 0.508 e. The number of aromatic nitrogens is 2. The van der Waals surface area contributed by atoms with Crippen LogP contribution in [-0.2, 0) is 0 Å². The van der Waals surface area contributed by atoms with Crippen molar-refractivity contribution in [1.29, 1.82) is 0 Å². The van der Waals surface area contributed by atoms with Crippen molar-refractivity contribution in [2.24, 2.45) is 5.41 Å². The molecule has 43 heavy (non-hydrogen) atoms. The third-order valence-electron chi connectivity index (χ3n) is 10.5. The standard InChI is InChI=1S/C34H37F2N5O2/c1-40-14-4-13-34(12-3-7-28(34)40)19-43-33-38-31-25(32(39-33)41-17-21-8-9-22(18-41)37-21)11-10-24(30(31)36)26-16-23(42)15-20-5-2-6-27(35)29(20)26/h2,5-6,10-11,15-16,21-22,28,37,42H,3-4,7-9,12-14,17-19H2,1H3. The summed E-state index contributed by atoms with van der Waals surface area (Å²) in [4.78, 5) is 14.3. The maximum atomic E-state index is 16.7. The average molecular weight is 586 g/mol. The van der Waals surface area contributed by atoms with E-state index in [0.717, 1.165) is 51.7 Å². The first-order valence-corrected chi connectivity index (χ1v) is 15.6. The number of benzene rings is 3. The normalized spacial score (nSPS) is 27.2. The number of likely N-dealkylation sites (tertiary alicyclic amines) is 1. The molecule has 2 bridgehead atoms. The van der Waals surface area contributed by atoms with Crippen molar-refractivity contribution in [2.75, 3.05) is 38.2 Å². The van der Waals surface area contributed by atoms with Gasteiger partial charge in [-0.1, -0.05) is 24.6 Å². The number of piperazine rings is 1. The summed E-state index contributed by atoms with van der Waals surface area (Å²) in [6, 6.07) is 12.4. The predicted octanol–water partition coefficient (Wildman–Crippen LogP) is 6.02. The molecule has 3 aromatic carbocycles. The zero-order valence-corrected chi connectivity index (χ0v) is 24.5. The molecule has 3 aliphatic heterocycles. The second-order valence-corrected chi connectivity index (χ2v) is 13.2. The van der Waals surface area contributed by atoms with Gasteiger partial charge in [-0.15, -0.1) is 0 Å². The first-order valence-electron chi connectivity index (χ1n) is 15.6. The van der Waals surface area contributed by atoms with Crippen LogP contribution in [0.2, 0.25) is 0 Å². The lowest BCUT2D eigenvalue weighted by Crippen LogP contribution is -2.51. The average Bonchev–Trinajstić information content (AvgIpc) is 3.59. The Morgan fingerprint density at radius 2 is 1.81 bits per heavy atom. The number of nitrogens with one attached hydrogen (secondary N) is 1. The highest BCUT2D eigenvalue weighted by atomic mass is 19.1. The highest BCUT2D eigenvalue weighted by Crippen LogP contribution is 2.47. The lowest BCUT2D eigenvalue weighted by atomic mass is 9.76. The van der Waals surface area contributed by atoms with E-state index in [1.54, 1.807) is 18.2 Å². The SMILES string of the molecule is CN1CCCC2(COc3nc(N4CC5CCC(C4)N5)c4ccc(-c5cc(O)cc6cccc(F)c56)c(F)c4n3)CCCC12. The van der Waals surface area contributed by atoms with Gasteiger partial charge in [-0.3, -0.25) is 0 Å². The van der Waals surface area contributed by atoms with Gasteiger partial charge in [0.15, 0.2) is 5.82 Å². The van der Waals surface area contributed by atoms with Crippen molar-refractivity contribution in [1.82, 2.24) is 20.2 Å². The number of fused-ring (bicyclic) bond motifs is 5. The molecule has 4 aliphatic rings. The van der Waals surface area contributed by atoms with E-state index in [4.69, 9.17) is 9.72 Å². The topological polar surface area (TPSA) is 73.8 Å². The molecule has 2 N–H and O–H groups in total. The minimum Gasteiger partial charge on any atom is -0.508 e. The molecule has 8 rings (SSSR count). The van der Waals surface area contributed by atoms with Gasteiger partial charge in [0.1, 0.15) is 22.9 Å². The molecule has 224 valence electrons. The number of piperidine rings is 1. The summed E-state index contributed by atoms with van der Waals surface area (Å²) >= 11 is 0. The number of phenols is 1. The molecular formula is C34H37F2N5O2. The third-order valence-corrected chi connectivity index (χ3v) is 10.5. The summed E-state index contributed by atoms with van der Waals surface area (Å²) < 4.78 is 38.3. The summed E-state index contributed by atoms with van der Waals surface area (Å²) in [6.07, 6.45) is 7.92. The minimum absolute atomic E-state index is 0.0536. The summed E-state index contributed by atoms with van der Waals surface area (Å²) in [5.41, 5.74) is 0.668. The molecule has 0 radical (unpaired) electrons. The molecule has 4 unspecified atom stereocenters. The van der Waals surface area contributed by atoms with Gasteiger partial charge in [0.25, 0.3) is 0 Å². The summed E-state index contributed by atoms with van der Waals surface area (Å²) in [5, 5.41) is 15.5. The molecule has 3 saturated heterocycles. The van der Waals surface area contributed by atoms with Gasteiger partial charge in [-0.05, 0) is 87.3 Å². The maximum absolute atomic E-state index is 16.7. The first kappa shape index (κ1) is 27.0. The van der Waals surface area contributed by atoms with Crippen molar-refractivity contribution in [3.63, 3.8) is 0 Å². The molecule has 9 heteroatoms. The Labute approximate surface area is 249 Å². The Morgan fingerprint density at radius 1 is 1.00 bits per heavy atom. The van der Waals surface area contributed by atoms with E-state index in [1.165, 1.54) is 31.0 Å². The van der Waals surface area contributed by atoms with Crippen molar-refractivity contribution >= 4 is 27.5 Å². The molecule has 0 spiro atoms. The Hall–Kier alpha value is -3.56. The summed E-state index contributed by atoms with van der Waals surface area (Å²) in [7, 11) is 2.21. The van der Waals surface area contributed by atoms with Crippen molar-refractivity contribution in [3.05, 3.63) is 54.1 Å². The zero-order chi connectivity index (χ0) is 29.3. The number of rotatable bonds is 5. The Balaban J connectivity index is 1.25. The predicted molar refractivity (Wildman–Crippen MR) is 164 cm³/mol. The van der Waals surface area contributed by atoms with E-state index in [9.17, 15) is 5.11 Å².